The van der Waals surface area contributed by atoms with E-state index in [0.717, 1.165) is 24.8 Å². The fraction of sp³-hybridized carbons (Fsp3) is 0.545. The molecule has 0 fully saturated rings. The van der Waals surface area contributed by atoms with Gasteiger partial charge in [0.2, 0.25) is 0 Å². The highest BCUT2D eigenvalue weighted by Gasteiger charge is 2.04. The Hall–Kier alpha value is -1.65. The molecule has 1 aromatic rings. The lowest BCUT2D eigenvalue weighted by atomic mass is 10.2. The number of methoxy groups -OCH3 is 1. The molecule has 0 amide bonds. The molecule has 0 spiro atoms. The summed E-state index contributed by atoms with van der Waals surface area (Å²) in [4.78, 5) is 21.4. The molecule has 0 unspecified atom stereocenters. The number of aldehydes is 1. The van der Waals surface area contributed by atoms with Crippen molar-refractivity contribution in [2.75, 3.05) is 7.11 Å². The van der Waals surface area contributed by atoms with Gasteiger partial charge < -0.3 is 4.74 Å². The monoisotopic (exact) mass is 224 g/mol. The maximum absolute atomic E-state index is 10.8. The van der Waals surface area contributed by atoms with Gasteiger partial charge in [-0.05, 0) is 19.8 Å². The van der Waals surface area contributed by atoms with Gasteiger partial charge >= 0.3 is 5.97 Å². The van der Waals surface area contributed by atoms with Crippen molar-refractivity contribution in [3.05, 3.63) is 17.5 Å². The Balaban J connectivity index is 2.32. The number of unbranched alkanes of at least 4 members (excludes halogenated alkanes) is 1. The number of aryl methyl sites for hydroxylation is 2. The second-order valence-corrected chi connectivity index (χ2v) is 3.58. The molecular formula is C11H16N2O3. The quantitative estimate of drug-likeness (QED) is 0.415. The largest absolute Gasteiger partial charge is 0.469 e. The summed E-state index contributed by atoms with van der Waals surface area (Å²) in [7, 11) is 1.38. The molecule has 0 N–H and O–H groups in total. The van der Waals surface area contributed by atoms with Crippen molar-refractivity contribution in [3.63, 3.8) is 0 Å². The molecule has 0 aliphatic carbocycles. The SMILES string of the molecule is COC(=O)CCCCn1cc(C=O)c(C)n1. The van der Waals surface area contributed by atoms with Crippen LogP contribution in [0.25, 0.3) is 0 Å². The molecule has 5 heteroatoms. The van der Waals surface area contributed by atoms with Crippen LogP contribution in [-0.4, -0.2) is 29.1 Å². The number of carbonyl (C=O) groups is 2. The average Bonchev–Trinajstić information content (AvgIpc) is 2.64. The van der Waals surface area contributed by atoms with Crippen molar-refractivity contribution in [2.24, 2.45) is 0 Å². The lowest BCUT2D eigenvalue weighted by Crippen LogP contribution is -2.02. The minimum Gasteiger partial charge on any atom is -0.469 e. The predicted molar refractivity (Wildman–Crippen MR) is 58.2 cm³/mol. The van der Waals surface area contributed by atoms with Gasteiger partial charge in [-0.3, -0.25) is 14.3 Å². The summed E-state index contributed by atoms with van der Waals surface area (Å²) < 4.78 is 6.27. The lowest BCUT2D eigenvalue weighted by Gasteiger charge is -2.00. The number of hydrogen-bond donors (Lipinski definition) is 0. The summed E-state index contributed by atoms with van der Waals surface area (Å²) in [5, 5.41) is 4.19. The molecule has 1 rings (SSSR count). The Morgan fingerprint density at radius 2 is 2.31 bits per heavy atom. The summed E-state index contributed by atoms with van der Waals surface area (Å²) in [5.41, 5.74) is 1.36. The van der Waals surface area contributed by atoms with Crippen LogP contribution in [0.1, 0.15) is 35.3 Å². The van der Waals surface area contributed by atoms with Crippen LogP contribution in [0.2, 0.25) is 0 Å². The number of ether oxygens (including phenoxy) is 1. The normalized spacial score (nSPS) is 10.1. The van der Waals surface area contributed by atoms with Crippen LogP contribution in [0.4, 0.5) is 0 Å². The van der Waals surface area contributed by atoms with E-state index in [1.807, 2.05) is 0 Å². The number of hydrogen-bond acceptors (Lipinski definition) is 4. The molecule has 0 atom stereocenters. The molecule has 1 aromatic heterocycles. The highest BCUT2D eigenvalue weighted by atomic mass is 16.5. The lowest BCUT2D eigenvalue weighted by molar-refractivity contribution is -0.140. The van der Waals surface area contributed by atoms with Crippen molar-refractivity contribution >= 4 is 12.3 Å². The zero-order valence-corrected chi connectivity index (χ0v) is 9.60. The highest BCUT2D eigenvalue weighted by Crippen LogP contribution is 2.05. The van der Waals surface area contributed by atoms with Crippen molar-refractivity contribution in [1.82, 2.24) is 9.78 Å². The van der Waals surface area contributed by atoms with E-state index in [2.05, 4.69) is 9.84 Å². The second kappa shape index (κ2) is 6.05. The van der Waals surface area contributed by atoms with E-state index in [4.69, 9.17) is 0 Å². The van der Waals surface area contributed by atoms with Crippen LogP contribution < -0.4 is 0 Å². The third-order valence-electron chi connectivity index (χ3n) is 2.36. The number of carbonyl (C=O) groups excluding carboxylic acids is 2. The number of rotatable bonds is 6. The number of esters is 1. The van der Waals surface area contributed by atoms with Gasteiger partial charge in [0, 0.05) is 19.2 Å². The van der Waals surface area contributed by atoms with Crippen LogP contribution in [0.5, 0.6) is 0 Å². The highest BCUT2D eigenvalue weighted by molar-refractivity contribution is 5.75. The maximum atomic E-state index is 10.8. The van der Waals surface area contributed by atoms with Gasteiger partial charge in [0.1, 0.15) is 0 Å². The first-order chi connectivity index (χ1) is 7.67. The summed E-state index contributed by atoms with van der Waals surface area (Å²) in [6.07, 6.45) is 4.56. The van der Waals surface area contributed by atoms with Crippen LogP contribution in [0.3, 0.4) is 0 Å². The second-order valence-electron chi connectivity index (χ2n) is 3.58. The van der Waals surface area contributed by atoms with Crippen LogP contribution in [0.15, 0.2) is 6.20 Å². The summed E-state index contributed by atoms with van der Waals surface area (Å²) >= 11 is 0. The predicted octanol–water partition coefficient (Wildman–Crippen LogP) is 1.35. The first-order valence-corrected chi connectivity index (χ1v) is 5.23. The zero-order valence-electron chi connectivity index (χ0n) is 9.60. The Bertz CT molecular complexity index is 371. The van der Waals surface area contributed by atoms with Gasteiger partial charge in [-0.2, -0.15) is 5.10 Å². The molecular weight excluding hydrogens is 208 g/mol. The van der Waals surface area contributed by atoms with Crippen LogP contribution >= 0.6 is 0 Å². The molecule has 0 bridgehead atoms. The van der Waals surface area contributed by atoms with Gasteiger partial charge in [-0.15, -0.1) is 0 Å². The average molecular weight is 224 g/mol. The molecule has 0 saturated heterocycles. The Kier molecular flexibility index (Phi) is 4.69. The fourth-order valence-electron chi connectivity index (χ4n) is 1.41. The summed E-state index contributed by atoms with van der Waals surface area (Å²) in [6.45, 7) is 2.51. The van der Waals surface area contributed by atoms with Gasteiger partial charge in [0.05, 0.1) is 18.4 Å². The maximum Gasteiger partial charge on any atom is 0.305 e. The number of nitrogens with zero attached hydrogens (tertiary/aromatic N) is 2. The standard InChI is InChI=1S/C11H16N2O3/c1-9-10(8-14)7-13(12-9)6-4-3-5-11(15)16-2/h7-8H,3-6H2,1-2H3. The fourth-order valence-corrected chi connectivity index (χ4v) is 1.41. The molecule has 0 aliphatic heterocycles. The van der Waals surface area contributed by atoms with Crippen molar-refractivity contribution in [3.8, 4) is 0 Å². The van der Waals surface area contributed by atoms with E-state index in [1.165, 1.54) is 7.11 Å². The zero-order chi connectivity index (χ0) is 12.0. The molecule has 0 aliphatic rings. The van der Waals surface area contributed by atoms with E-state index in [9.17, 15) is 9.59 Å². The van der Waals surface area contributed by atoms with Gasteiger partial charge in [-0.1, -0.05) is 0 Å². The van der Waals surface area contributed by atoms with E-state index < -0.39 is 0 Å². The molecule has 0 saturated carbocycles. The van der Waals surface area contributed by atoms with Gasteiger partial charge in [0.15, 0.2) is 6.29 Å². The van der Waals surface area contributed by atoms with E-state index in [-0.39, 0.29) is 5.97 Å². The van der Waals surface area contributed by atoms with Crippen LogP contribution in [-0.2, 0) is 16.1 Å². The molecule has 5 nitrogen and oxygen atoms in total. The summed E-state index contributed by atoms with van der Waals surface area (Å²) in [5.74, 6) is -0.190. The molecule has 88 valence electrons. The molecule has 0 aromatic carbocycles. The minimum absolute atomic E-state index is 0.190. The van der Waals surface area contributed by atoms with Crippen molar-refractivity contribution in [1.29, 1.82) is 0 Å². The van der Waals surface area contributed by atoms with Gasteiger partial charge in [0.25, 0.3) is 0 Å². The third kappa shape index (κ3) is 3.49. The van der Waals surface area contributed by atoms with E-state index in [0.29, 0.717) is 18.5 Å². The van der Waals surface area contributed by atoms with Crippen molar-refractivity contribution < 1.29 is 14.3 Å². The number of aromatic nitrogens is 2. The topological polar surface area (TPSA) is 61.2 Å². The van der Waals surface area contributed by atoms with Gasteiger partial charge in [-0.25, -0.2) is 0 Å². The smallest absolute Gasteiger partial charge is 0.305 e. The first kappa shape index (κ1) is 12.4. The Morgan fingerprint density at radius 1 is 1.56 bits per heavy atom. The first-order valence-electron chi connectivity index (χ1n) is 5.23. The molecule has 1 heterocycles. The van der Waals surface area contributed by atoms with E-state index in [1.54, 1.807) is 17.8 Å². The van der Waals surface area contributed by atoms with Crippen LogP contribution in [0, 0.1) is 6.92 Å². The molecule has 16 heavy (non-hydrogen) atoms. The third-order valence-corrected chi connectivity index (χ3v) is 2.36. The molecule has 0 radical (unpaired) electrons. The Morgan fingerprint density at radius 3 is 2.88 bits per heavy atom. The summed E-state index contributed by atoms with van der Waals surface area (Å²) in [6, 6.07) is 0. The Labute approximate surface area is 94.4 Å². The minimum atomic E-state index is -0.190. The van der Waals surface area contributed by atoms with E-state index >= 15 is 0 Å². The van der Waals surface area contributed by atoms with Crippen molar-refractivity contribution in [2.45, 2.75) is 32.7 Å².